The van der Waals surface area contributed by atoms with Gasteiger partial charge in [-0.3, -0.25) is 14.4 Å². The Morgan fingerprint density at radius 3 is 2.38 bits per heavy atom. The van der Waals surface area contributed by atoms with E-state index in [0.29, 0.717) is 79.2 Å². The molecule has 0 atom stereocenters. The number of hydrogen-bond acceptors (Lipinski definition) is 9. The Hall–Kier alpha value is -5.83. The van der Waals surface area contributed by atoms with Crippen molar-refractivity contribution in [3.63, 3.8) is 0 Å². The quantitative estimate of drug-likeness (QED) is 0.123. The number of carboxylic acid groups (broad SMARTS) is 1. The van der Waals surface area contributed by atoms with E-state index in [1.54, 1.807) is 21.9 Å². The van der Waals surface area contributed by atoms with Gasteiger partial charge in [-0.1, -0.05) is 11.6 Å². The lowest BCUT2D eigenvalue weighted by molar-refractivity contribution is -0.929. The largest absolute Gasteiger partial charge is 0.477 e. The van der Waals surface area contributed by atoms with Crippen molar-refractivity contribution in [3.05, 3.63) is 76.6 Å². The number of hydrogen-bond donors (Lipinski definition) is 5. The van der Waals surface area contributed by atoms with E-state index in [9.17, 15) is 42.6 Å². The number of nitrogens with zero attached hydrogens (tertiary/aromatic N) is 8. The van der Waals surface area contributed by atoms with Crippen molar-refractivity contribution in [1.29, 1.82) is 0 Å². The molecular weight excluding hydrogens is 823 g/mol. The molecular formula is C40H44ClF3N11O6+. The second-order valence-corrected chi connectivity index (χ2v) is 16.4. The number of anilines is 1. The summed E-state index contributed by atoms with van der Waals surface area (Å²) >= 11 is 6.56. The predicted molar refractivity (Wildman–Crippen MR) is 215 cm³/mol. The zero-order valence-corrected chi connectivity index (χ0v) is 33.8. The number of nitrogens with one attached hydrogen (secondary N) is 3. The summed E-state index contributed by atoms with van der Waals surface area (Å²) in [6.07, 6.45) is -1.33. The number of piperidine rings is 1. The summed E-state index contributed by atoms with van der Waals surface area (Å²) in [6.45, 7) is 4.93. The van der Waals surface area contributed by atoms with Gasteiger partial charge in [-0.15, -0.1) is 0 Å². The van der Waals surface area contributed by atoms with Gasteiger partial charge in [0.1, 0.15) is 0 Å². The number of fused-ring (bicyclic) bond motifs is 1. The van der Waals surface area contributed by atoms with Crippen LogP contribution in [0.5, 0.6) is 0 Å². The summed E-state index contributed by atoms with van der Waals surface area (Å²) in [4.78, 5) is 67.0. The Morgan fingerprint density at radius 1 is 1.02 bits per heavy atom. The lowest BCUT2D eigenvalue weighted by Gasteiger charge is -2.46. The summed E-state index contributed by atoms with van der Waals surface area (Å²) in [5, 5.41) is 28.8. The summed E-state index contributed by atoms with van der Waals surface area (Å²) in [6, 6.07) is 9.02. The van der Waals surface area contributed by atoms with Crippen LogP contribution < -0.4 is 10.6 Å². The lowest BCUT2D eigenvalue weighted by Crippen LogP contribution is -2.62. The highest BCUT2D eigenvalue weighted by Crippen LogP contribution is 2.37. The highest BCUT2D eigenvalue weighted by molar-refractivity contribution is 6.34. The van der Waals surface area contributed by atoms with Crippen LogP contribution in [0.25, 0.3) is 28.1 Å². The highest BCUT2D eigenvalue weighted by atomic mass is 35.5. The highest BCUT2D eigenvalue weighted by Gasteiger charge is 2.43. The fraction of sp³-hybridized carbons (Fsp3) is 0.425. The maximum absolute atomic E-state index is 14.3. The van der Waals surface area contributed by atoms with Crippen LogP contribution in [0.3, 0.4) is 0 Å². The predicted octanol–water partition coefficient (Wildman–Crippen LogP) is 3.38. The first-order valence-corrected chi connectivity index (χ1v) is 20.2. The summed E-state index contributed by atoms with van der Waals surface area (Å²) in [5.41, 5.74) is 0.312. The zero-order valence-electron chi connectivity index (χ0n) is 33.1. The average Bonchev–Trinajstić information content (AvgIpc) is 3.95. The first kappa shape index (κ1) is 41.9. The molecule has 322 valence electrons. The van der Waals surface area contributed by atoms with Crippen molar-refractivity contribution < 1.29 is 47.0 Å². The van der Waals surface area contributed by atoms with Crippen molar-refractivity contribution in [3.8, 4) is 17.1 Å². The molecule has 0 bridgehead atoms. The van der Waals surface area contributed by atoms with E-state index in [0.717, 1.165) is 36.7 Å². The number of amides is 3. The zero-order chi connectivity index (χ0) is 43.2. The molecule has 3 amide bonds. The Kier molecular flexibility index (Phi) is 11.4. The number of benzene rings is 1. The molecule has 0 unspecified atom stereocenters. The number of pyridine rings is 1. The number of likely N-dealkylation sites (tertiary alicyclic amines) is 1. The number of rotatable bonds is 11. The molecule has 0 aliphatic carbocycles. The second-order valence-electron chi connectivity index (χ2n) is 16.0. The molecule has 17 nitrogen and oxygen atoms in total. The van der Waals surface area contributed by atoms with Crippen molar-refractivity contribution in [2.24, 2.45) is 18.9 Å². The number of carboxylic acids is 1. The number of H-pyrrole nitrogens is 1. The number of imidazole rings is 1. The number of piperazine rings is 1. The normalized spacial score (nSPS) is 19.9. The van der Waals surface area contributed by atoms with Crippen molar-refractivity contribution in [1.82, 2.24) is 44.4 Å². The van der Waals surface area contributed by atoms with Crippen molar-refractivity contribution >= 4 is 52.0 Å². The number of carbonyl (C=O) groups excluding carboxylic acids is 3. The molecule has 7 heterocycles. The standard InChI is InChI=1S/C40H43ClF3N11O6/c1-51-32(28-19-54(50-35(28)40(42,43)44)33-5-4-30-31(49-33)15-26(22-56)47-30)18-46-36(51)37(59)48-25-2-3-27(29(41)14-25)39(61)53-10-8-52(9-11-53)38(60)24-6-12-55(13-7-24,21-34(57)58)20-23-16-45-17-23/h2-5,14-15,18-19,23-24,45,56H,6-13,16-17,20-22H2,1H3,(H2-,47,48,49,57,58,59,61)/p+1. The van der Waals surface area contributed by atoms with E-state index in [2.05, 4.69) is 30.7 Å². The molecule has 5 N–H and O–H groups in total. The van der Waals surface area contributed by atoms with Gasteiger partial charge in [-0.25, -0.2) is 19.4 Å². The SMILES string of the molecule is Cn1c(-c2cn(-c3ccc4[nH]c(CO)cc4n3)nc2C(F)(F)F)cnc1C(=O)Nc1ccc(C(=O)N2CCN(C(=O)C3CC[N+](CC(=O)O)(CC4CNC4)CC3)CC2)c(Cl)c1. The number of quaternary nitrogens is 1. The molecule has 21 heteroatoms. The Balaban J connectivity index is 0.888. The van der Waals surface area contributed by atoms with Crippen molar-refractivity contribution in [2.45, 2.75) is 25.6 Å². The smallest absolute Gasteiger partial charge is 0.435 e. The van der Waals surface area contributed by atoms with Gasteiger partial charge in [0, 0.05) is 88.6 Å². The van der Waals surface area contributed by atoms with Crippen LogP contribution >= 0.6 is 11.6 Å². The molecule has 3 aliphatic heterocycles. The molecule has 4 aromatic heterocycles. The molecule has 0 radical (unpaired) electrons. The van der Waals surface area contributed by atoms with Crippen LogP contribution in [-0.2, 0) is 29.4 Å². The van der Waals surface area contributed by atoms with Crippen molar-refractivity contribution in [2.75, 3.05) is 70.8 Å². The molecule has 3 fully saturated rings. The second kappa shape index (κ2) is 16.6. The maximum Gasteiger partial charge on any atom is 0.435 e. The molecule has 3 saturated heterocycles. The van der Waals surface area contributed by atoms with E-state index in [1.807, 2.05) is 0 Å². The van der Waals surface area contributed by atoms with Crippen LogP contribution in [0.15, 0.2) is 48.8 Å². The van der Waals surface area contributed by atoms with Crippen LogP contribution in [0.1, 0.15) is 45.2 Å². The maximum atomic E-state index is 14.3. The van der Waals surface area contributed by atoms with Gasteiger partial charge >= 0.3 is 12.1 Å². The summed E-state index contributed by atoms with van der Waals surface area (Å²) < 4.78 is 45.6. The number of aliphatic carboxylic acids is 1. The molecule has 0 saturated carbocycles. The van der Waals surface area contributed by atoms with E-state index in [4.69, 9.17) is 11.6 Å². The van der Waals surface area contributed by atoms with E-state index < -0.39 is 23.7 Å². The van der Waals surface area contributed by atoms with Crippen LogP contribution in [0.2, 0.25) is 5.02 Å². The Morgan fingerprint density at radius 2 is 1.74 bits per heavy atom. The molecule has 1 aromatic carbocycles. The third-order valence-electron chi connectivity index (χ3n) is 11.9. The molecule has 5 aromatic rings. The van der Waals surface area contributed by atoms with Gasteiger partial charge in [0.2, 0.25) is 5.91 Å². The minimum atomic E-state index is -4.86. The number of aliphatic hydroxyl groups excluding tert-OH is 1. The molecule has 0 spiro atoms. The van der Waals surface area contributed by atoms with E-state index in [1.165, 1.54) is 35.9 Å². The first-order valence-electron chi connectivity index (χ1n) is 19.9. The number of aromatic amines is 1. The number of carbonyl (C=O) groups is 4. The third-order valence-corrected chi connectivity index (χ3v) is 12.3. The lowest BCUT2D eigenvalue weighted by atomic mass is 9.90. The topological polar surface area (TPSA) is 204 Å². The first-order chi connectivity index (χ1) is 29.1. The summed E-state index contributed by atoms with van der Waals surface area (Å²) in [7, 11) is 1.40. The minimum Gasteiger partial charge on any atom is -0.477 e. The molecule has 3 aliphatic rings. The van der Waals surface area contributed by atoms with Gasteiger partial charge in [-0.2, -0.15) is 18.3 Å². The van der Waals surface area contributed by atoms with Gasteiger partial charge in [0.25, 0.3) is 11.8 Å². The van der Waals surface area contributed by atoms with E-state index in [-0.39, 0.29) is 70.1 Å². The number of alkyl halides is 3. The fourth-order valence-corrected chi connectivity index (χ4v) is 8.88. The number of aliphatic hydroxyl groups is 1. The van der Waals surface area contributed by atoms with E-state index >= 15 is 0 Å². The average molecular weight is 867 g/mol. The van der Waals surface area contributed by atoms with Crippen LogP contribution in [-0.4, -0.2) is 143 Å². The van der Waals surface area contributed by atoms with Crippen LogP contribution in [0, 0.1) is 11.8 Å². The Labute approximate surface area is 351 Å². The van der Waals surface area contributed by atoms with Gasteiger partial charge in [-0.05, 0) is 36.4 Å². The number of halogens is 4. The minimum absolute atomic E-state index is 0.0285. The van der Waals surface area contributed by atoms with Gasteiger partial charge < -0.3 is 44.7 Å². The number of aromatic nitrogens is 6. The van der Waals surface area contributed by atoms with Gasteiger partial charge in [0.05, 0.1) is 65.3 Å². The van der Waals surface area contributed by atoms with Crippen LogP contribution in [0.4, 0.5) is 18.9 Å². The summed E-state index contributed by atoms with van der Waals surface area (Å²) in [5.74, 6) is -1.74. The third kappa shape index (κ3) is 8.57. The molecule has 8 rings (SSSR count). The molecule has 61 heavy (non-hydrogen) atoms. The fourth-order valence-electron chi connectivity index (χ4n) is 8.62. The monoisotopic (exact) mass is 866 g/mol. The van der Waals surface area contributed by atoms with Gasteiger partial charge in [0.15, 0.2) is 23.9 Å². The Bertz CT molecular complexity index is 2500.